The number of aromatic hydroxyl groups is 1. The van der Waals surface area contributed by atoms with Crippen LogP contribution in [-0.4, -0.2) is 81.6 Å². The Kier molecular flexibility index (Phi) is 9.40. The number of nitrogens with zero attached hydrogens (tertiary/aromatic N) is 7. The summed E-state index contributed by atoms with van der Waals surface area (Å²) in [6, 6.07) is 17.0. The number of nitrogens with one attached hydrogen (secondary N) is 1. The summed E-state index contributed by atoms with van der Waals surface area (Å²) in [6.07, 6.45) is 7.18. The van der Waals surface area contributed by atoms with Gasteiger partial charge in [0.1, 0.15) is 11.4 Å². The maximum Gasteiger partial charge on any atom is 0.292 e. The molecule has 1 aromatic carbocycles. The van der Waals surface area contributed by atoms with E-state index in [1.165, 1.54) is 49.1 Å². The summed E-state index contributed by atoms with van der Waals surface area (Å²) in [6.45, 7) is 1.58. The first-order chi connectivity index (χ1) is 23.7. The van der Waals surface area contributed by atoms with Gasteiger partial charge in [-0.1, -0.05) is 42.2 Å². The Labute approximate surface area is 280 Å². The zero-order chi connectivity index (χ0) is 34.4. The molecule has 4 aromatic heterocycles. The predicted octanol–water partition coefficient (Wildman–Crippen LogP) is 2.20. The van der Waals surface area contributed by atoms with E-state index in [1.807, 2.05) is 4.90 Å². The number of aromatic nitrogens is 5. The van der Waals surface area contributed by atoms with Gasteiger partial charge in [0.05, 0.1) is 17.5 Å². The first-order valence-corrected chi connectivity index (χ1v) is 16.6. The van der Waals surface area contributed by atoms with Crippen molar-refractivity contribution in [2.45, 2.75) is 5.75 Å². The average Bonchev–Trinajstić information content (AvgIpc) is 3.12. The quantitative estimate of drug-likeness (QED) is 0.241. The summed E-state index contributed by atoms with van der Waals surface area (Å²) in [5.74, 6) is 4.49. The topological polar surface area (TPSA) is 183 Å². The number of H-pyrrole nitrogens is 1. The normalized spacial score (nSPS) is 12.9. The minimum absolute atomic E-state index is 0.000829. The summed E-state index contributed by atoms with van der Waals surface area (Å²) in [5, 5.41) is 17.8. The molecule has 5 heterocycles. The molecule has 0 aliphatic carbocycles. The van der Waals surface area contributed by atoms with Gasteiger partial charge in [-0.05, 0) is 42.0 Å². The van der Waals surface area contributed by atoms with Crippen LogP contribution in [-0.2, 0) is 15.8 Å². The number of amides is 2. The van der Waals surface area contributed by atoms with Gasteiger partial charge in [0.2, 0.25) is 10.0 Å². The van der Waals surface area contributed by atoms with E-state index in [-0.39, 0.29) is 23.0 Å². The van der Waals surface area contributed by atoms with Crippen LogP contribution in [0.1, 0.15) is 37.5 Å². The highest BCUT2D eigenvalue weighted by molar-refractivity contribution is 7.92. The number of rotatable bonds is 7. The third-order valence-electron chi connectivity index (χ3n) is 7.49. The summed E-state index contributed by atoms with van der Waals surface area (Å²) < 4.78 is 27.5. The Hall–Kier alpha value is -6.40. The third-order valence-corrected chi connectivity index (χ3v) is 9.11. The van der Waals surface area contributed by atoms with E-state index >= 15 is 0 Å². The molecule has 14 nitrogen and oxygen atoms in total. The zero-order valence-electron chi connectivity index (χ0n) is 25.8. The molecule has 0 radical (unpaired) electrons. The maximum absolute atomic E-state index is 13.6. The molecule has 2 N–H and O–H groups in total. The van der Waals surface area contributed by atoms with Gasteiger partial charge in [-0.15, -0.1) is 10.2 Å². The highest BCUT2D eigenvalue weighted by atomic mass is 32.2. The van der Waals surface area contributed by atoms with Gasteiger partial charge < -0.3 is 19.9 Å². The number of anilines is 2. The van der Waals surface area contributed by atoms with E-state index in [4.69, 9.17) is 0 Å². The molecule has 49 heavy (non-hydrogen) atoms. The lowest BCUT2D eigenvalue weighted by Gasteiger charge is -2.35. The second kappa shape index (κ2) is 14.2. The van der Waals surface area contributed by atoms with Crippen molar-refractivity contribution in [2.24, 2.45) is 0 Å². The molecule has 1 saturated heterocycles. The van der Waals surface area contributed by atoms with E-state index in [1.54, 1.807) is 53.6 Å². The molecule has 2 amide bonds. The first-order valence-electron chi connectivity index (χ1n) is 15.0. The minimum atomic E-state index is -4.36. The molecule has 0 spiro atoms. The van der Waals surface area contributed by atoms with Gasteiger partial charge in [0.15, 0.2) is 11.5 Å². The predicted molar refractivity (Wildman–Crippen MR) is 179 cm³/mol. The van der Waals surface area contributed by atoms with Crippen LogP contribution in [0.2, 0.25) is 0 Å². The van der Waals surface area contributed by atoms with E-state index in [9.17, 15) is 27.9 Å². The van der Waals surface area contributed by atoms with Crippen molar-refractivity contribution < 1.29 is 23.1 Å². The van der Waals surface area contributed by atoms with E-state index < -0.39 is 27.2 Å². The van der Waals surface area contributed by atoms with Gasteiger partial charge >= 0.3 is 0 Å². The summed E-state index contributed by atoms with van der Waals surface area (Å²) >= 11 is 0. The second-order valence-electron chi connectivity index (χ2n) is 10.9. The van der Waals surface area contributed by atoms with Gasteiger partial charge in [0.25, 0.3) is 17.4 Å². The highest BCUT2D eigenvalue weighted by Gasteiger charge is 2.33. The van der Waals surface area contributed by atoms with Gasteiger partial charge in [-0.25, -0.2) is 8.42 Å². The Balaban J connectivity index is 1.13. The smallest absolute Gasteiger partial charge is 0.292 e. The van der Waals surface area contributed by atoms with Gasteiger partial charge in [0, 0.05) is 62.1 Å². The highest BCUT2D eigenvalue weighted by Crippen LogP contribution is 2.21. The fraction of sp³-hybridized carbons (Fsp3) is 0.147. The van der Waals surface area contributed by atoms with E-state index in [2.05, 4.69) is 37.0 Å². The standard InChI is InChI=1S/C34H28N8O6S/c43-28-18-26(20-36-22-28)9-8-25-17-27(21-35-19-25)33(45)41-15-13-40(14-16-41)31-11-10-29(38-39-31)34(46)42(30-7-4-12-37-32(30)44)49(47,48)23-24-5-2-1-3-6-24/h1-7,10-12,17-22,43H,13-16,23H2,(H,37,44). The molecule has 1 aliphatic rings. The number of aromatic amines is 1. The number of piperazine rings is 1. The average molecular weight is 677 g/mol. The van der Waals surface area contributed by atoms with E-state index in [0.717, 1.165) is 0 Å². The lowest BCUT2D eigenvalue weighted by atomic mass is 10.1. The molecule has 0 saturated carbocycles. The number of hydrogen-bond acceptors (Lipinski definition) is 11. The van der Waals surface area contributed by atoms with Crippen molar-refractivity contribution in [3.63, 3.8) is 0 Å². The third kappa shape index (κ3) is 7.61. The van der Waals surface area contributed by atoms with Gasteiger partial charge in [-0.3, -0.25) is 24.4 Å². The van der Waals surface area contributed by atoms with Crippen LogP contribution in [0.25, 0.3) is 0 Å². The van der Waals surface area contributed by atoms with Crippen LogP contribution in [0, 0.1) is 11.8 Å². The Morgan fingerprint density at radius 2 is 1.57 bits per heavy atom. The summed E-state index contributed by atoms with van der Waals surface area (Å²) in [4.78, 5) is 53.6. The zero-order valence-corrected chi connectivity index (χ0v) is 26.6. The number of carbonyl (C=O) groups is 2. The maximum atomic E-state index is 13.6. The number of pyridine rings is 3. The Morgan fingerprint density at radius 1 is 0.857 bits per heavy atom. The van der Waals surface area contributed by atoms with Crippen LogP contribution in [0.3, 0.4) is 0 Å². The van der Waals surface area contributed by atoms with Crippen LogP contribution in [0.4, 0.5) is 11.5 Å². The van der Waals surface area contributed by atoms with Crippen molar-refractivity contribution in [1.82, 2.24) is 30.0 Å². The first kappa shape index (κ1) is 32.5. The van der Waals surface area contributed by atoms with Crippen LogP contribution in [0.5, 0.6) is 5.75 Å². The minimum Gasteiger partial charge on any atom is -0.506 e. The summed E-state index contributed by atoms with van der Waals surface area (Å²) in [5.41, 5.74) is 0.468. The number of carbonyl (C=O) groups excluding carboxylic acids is 2. The SMILES string of the molecule is O=C(c1cncc(C#Cc2cncc(O)c2)c1)N1CCN(c2ccc(C(=O)N(c3ccc[nH]c3=O)S(=O)(=O)Cc3ccccc3)nn2)CC1. The van der Waals surface area contributed by atoms with Crippen LogP contribution < -0.4 is 14.8 Å². The van der Waals surface area contributed by atoms with Crippen molar-refractivity contribution in [3.05, 3.63) is 136 Å². The second-order valence-corrected chi connectivity index (χ2v) is 12.7. The van der Waals surface area contributed by atoms with Crippen molar-refractivity contribution in [1.29, 1.82) is 0 Å². The van der Waals surface area contributed by atoms with Crippen LogP contribution in [0.15, 0.2) is 103 Å². The fourth-order valence-electron chi connectivity index (χ4n) is 5.11. The number of sulfonamides is 1. The molecule has 246 valence electrons. The number of hydrogen-bond donors (Lipinski definition) is 2. The molecule has 5 aromatic rings. The Bertz CT molecular complexity index is 2230. The molecule has 1 aliphatic heterocycles. The molecular weight excluding hydrogens is 648 g/mol. The summed E-state index contributed by atoms with van der Waals surface area (Å²) in [7, 11) is -4.36. The fourth-order valence-corrected chi connectivity index (χ4v) is 6.64. The number of benzene rings is 1. The molecule has 0 atom stereocenters. The molecule has 0 bridgehead atoms. The lowest BCUT2D eigenvalue weighted by Crippen LogP contribution is -2.49. The van der Waals surface area contributed by atoms with Crippen molar-refractivity contribution in [2.75, 3.05) is 35.4 Å². The molecule has 1 fully saturated rings. The van der Waals surface area contributed by atoms with E-state index in [0.29, 0.717) is 58.6 Å². The van der Waals surface area contributed by atoms with Crippen molar-refractivity contribution in [3.8, 4) is 17.6 Å². The lowest BCUT2D eigenvalue weighted by molar-refractivity contribution is 0.0745. The molecule has 0 unspecified atom stereocenters. The van der Waals surface area contributed by atoms with Gasteiger partial charge in [-0.2, -0.15) is 4.31 Å². The molecular formula is C34H28N8O6S. The van der Waals surface area contributed by atoms with Crippen molar-refractivity contribution >= 4 is 33.3 Å². The monoisotopic (exact) mass is 676 g/mol. The van der Waals surface area contributed by atoms with Crippen LogP contribution >= 0.6 is 0 Å². The Morgan fingerprint density at radius 3 is 2.24 bits per heavy atom. The largest absolute Gasteiger partial charge is 0.506 e. The molecule has 6 rings (SSSR count). The molecule has 15 heteroatoms.